The van der Waals surface area contributed by atoms with Crippen molar-refractivity contribution in [3.05, 3.63) is 52.7 Å². The van der Waals surface area contributed by atoms with Crippen molar-refractivity contribution in [2.24, 2.45) is 0 Å². The lowest BCUT2D eigenvalue weighted by Crippen LogP contribution is -2.36. The first-order valence-electron chi connectivity index (χ1n) is 6.99. The average molecular weight is 319 g/mol. The van der Waals surface area contributed by atoms with E-state index in [1.807, 2.05) is 0 Å². The Hall–Kier alpha value is -2.83. The Labute approximate surface area is 130 Å². The predicted molar refractivity (Wildman–Crippen MR) is 76.8 cm³/mol. The molecule has 0 aliphatic carbocycles. The normalized spacial score (nSPS) is 15.8. The van der Waals surface area contributed by atoms with Crippen LogP contribution in [0.3, 0.4) is 0 Å². The first-order valence-corrected chi connectivity index (χ1v) is 6.99. The smallest absolute Gasteiger partial charge is 0.339 e. The number of carboxylic acid groups (broad SMARTS) is 1. The zero-order valence-electron chi connectivity index (χ0n) is 12.3. The van der Waals surface area contributed by atoms with E-state index in [1.165, 1.54) is 24.3 Å². The summed E-state index contributed by atoms with van der Waals surface area (Å²) in [5.41, 5.74) is 0.710. The van der Waals surface area contributed by atoms with E-state index in [-0.39, 0.29) is 36.0 Å². The summed E-state index contributed by atoms with van der Waals surface area (Å²) in [5, 5.41) is 11.6. The number of nitrogens with one attached hydrogen (secondary N) is 1. The molecule has 1 aromatic carbocycles. The molecule has 2 N–H and O–H groups in total. The van der Waals surface area contributed by atoms with Crippen molar-refractivity contribution in [2.45, 2.75) is 26.0 Å². The van der Waals surface area contributed by atoms with Crippen LogP contribution in [-0.4, -0.2) is 23.1 Å². The zero-order valence-corrected chi connectivity index (χ0v) is 12.3. The Morgan fingerprint density at radius 1 is 1.39 bits per heavy atom. The molecule has 1 atom stereocenters. The largest absolute Gasteiger partial charge is 0.480 e. The van der Waals surface area contributed by atoms with Gasteiger partial charge in [0.2, 0.25) is 0 Å². The van der Waals surface area contributed by atoms with Gasteiger partial charge in [-0.05, 0) is 31.2 Å². The summed E-state index contributed by atoms with van der Waals surface area (Å²) in [7, 11) is 0. The van der Waals surface area contributed by atoms with Crippen molar-refractivity contribution in [3.63, 3.8) is 0 Å². The highest BCUT2D eigenvalue weighted by molar-refractivity contribution is 5.89. The summed E-state index contributed by atoms with van der Waals surface area (Å²) >= 11 is 0. The second-order valence-corrected chi connectivity index (χ2v) is 5.27. The average Bonchev–Trinajstić information content (AvgIpc) is 3.07. The van der Waals surface area contributed by atoms with Crippen LogP contribution >= 0.6 is 0 Å². The van der Waals surface area contributed by atoms with Crippen LogP contribution in [0.25, 0.3) is 0 Å². The molecule has 1 aliphatic heterocycles. The summed E-state index contributed by atoms with van der Waals surface area (Å²) in [5.74, 6) is -0.709. The summed E-state index contributed by atoms with van der Waals surface area (Å²) in [6.45, 7) is 1.59. The number of benzene rings is 1. The molecule has 0 radical (unpaired) electrons. The number of aryl methyl sites for hydroxylation is 1. The summed E-state index contributed by atoms with van der Waals surface area (Å²) < 4.78 is 23.9. The lowest BCUT2D eigenvalue weighted by atomic mass is 10.1. The number of amides is 1. The summed E-state index contributed by atoms with van der Waals surface area (Å²) in [6, 6.07) is 5.49. The molecule has 1 aromatic heterocycles. The van der Waals surface area contributed by atoms with E-state index in [0.29, 0.717) is 17.1 Å². The molecule has 1 unspecified atom stereocenters. The van der Waals surface area contributed by atoms with E-state index < -0.39 is 12.1 Å². The number of hydrogen-bond donors (Lipinski definition) is 2. The van der Waals surface area contributed by atoms with Crippen LogP contribution in [0.1, 0.15) is 27.4 Å². The molecule has 2 heterocycles. The second-order valence-electron chi connectivity index (χ2n) is 5.27. The van der Waals surface area contributed by atoms with E-state index in [2.05, 4.69) is 5.32 Å². The molecule has 1 amide bonds. The molecule has 0 fully saturated rings. The van der Waals surface area contributed by atoms with Crippen molar-refractivity contribution in [1.82, 2.24) is 5.32 Å². The van der Waals surface area contributed by atoms with Gasteiger partial charge in [-0.1, -0.05) is 0 Å². The van der Waals surface area contributed by atoms with Crippen molar-refractivity contribution in [2.75, 3.05) is 0 Å². The van der Waals surface area contributed by atoms with Crippen LogP contribution in [0.2, 0.25) is 0 Å². The molecule has 0 saturated carbocycles. The van der Waals surface area contributed by atoms with Crippen molar-refractivity contribution in [1.29, 1.82) is 0 Å². The monoisotopic (exact) mass is 319 g/mol. The SMILES string of the molecule is Cc1oc(CNC(=O)C2Cc3cc(F)ccc3O2)cc1C(=O)O. The number of hydrogen-bond acceptors (Lipinski definition) is 4. The number of rotatable bonds is 4. The Kier molecular flexibility index (Phi) is 3.77. The van der Waals surface area contributed by atoms with Gasteiger partial charge in [0, 0.05) is 12.0 Å². The standard InChI is InChI=1S/C16H14FNO5/c1-8-12(16(20)21)6-11(22-8)7-18-15(19)14-5-9-4-10(17)2-3-13(9)23-14/h2-4,6,14H,5,7H2,1H3,(H,18,19)(H,20,21). The molecule has 1 aliphatic rings. The Bertz CT molecular complexity index is 783. The molecule has 120 valence electrons. The number of carbonyl (C=O) groups is 2. The first kappa shape index (κ1) is 15.1. The molecule has 0 bridgehead atoms. The number of aromatic carboxylic acids is 1. The molecule has 0 saturated heterocycles. The third kappa shape index (κ3) is 3.03. The Balaban J connectivity index is 1.61. The highest BCUT2D eigenvalue weighted by Gasteiger charge is 2.29. The van der Waals surface area contributed by atoms with Gasteiger partial charge in [0.1, 0.15) is 28.7 Å². The lowest BCUT2D eigenvalue weighted by molar-refractivity contribution is -0.127. The quantitative estimate of drug-likeness (QED) is 0.900. The van der Waals surface area contributed by atoms with E-state index >= 15 is 0 Å². The van der Waals surface area contributed by atoms with Crippen LogP contribution in [0, 0.1) is 12.7 Å². The maximum Gasteiger partial charge on any atom is 0.339 e. The third-order valence-electron chi connectivity index (χ3n) is 3.63. The molecule has 7 heteroatoms. The summed E-state index contributed by atoms with van der Waals surface area (Å²) in [6.07, 6.45) is -0.446. The van der Waals surface area contributed by atoms with Gasteiger partial charge in [-0.15, -0.1) is 0 Å². The maximum absolute atomic E-state index is 13.1. The van der Waals surface area contributed by atoms with Crippen LogP contribution in [0.15, 0.2) is 28.7 Å². The third-order valence-corrected chi connectivity index (χ3v) is 3.63. The predicted octanol–water partition coefficient (Wildman–Crippen LogP) is 2.05. The molecule has 23 heavy (non-hydrogen) atoms. The van der Waals surface area contributed by atoms with Crippen LogP contribution in [-0.2, 0) is 17.8 Å². The lowest BCUT2D eigenvalue weighted by Gasteiger charge is -2.10. The van der Waals surface area contributed by atoms with Crippen molar-refractivity contribution < 1.29 is 28.2 Å². The number of carbonyl (C=O) groups excluding carboxylic acids is 1. The van der Waals surface area contributed by atoms with Crippen LogP contribution < -0.4 is 10.1 Å². The number of furan rings is 1. The van der Waals surface area contributed by atoms with Gasteiger partial charge >= 0.3 is 5.97 Å². The highest BCUT2D eigenvalue weighted by Crippen LogP contribution is 2.29. The fourth-order valence-corrected chi connectivity index (χ4v) is 2.49. The van der Waals surface area contributed by atoms with E-state index in [9.17, 15) is 14.0 Å². The van der Waals surface area contributed by atoms with Gasteiger partial charge in [-0.2, -0.15) is 0 Å². The molecule has 6 nitrogen and oxygen atoms in total. The molecule has 3 rings (SSSR count). The molecular weight excluding hydrogens is 305 g/mol. The topological polar surface area (TPSA) is 88.8 Å². The number of fused-ring (bicyclic) bond motifs is 1. The molecular formula is C16H14FNO5. The summed E-state index contributed by atoms with van der Waals surface area (Å²) in [4.78, 5) is 23.0. The van der Waals surface area contributed by atoms with Crippen LogP contribution in [0.5, 0.6) is 5.75 Å². The Morgan fingerprint density at radius 3 is 2.87 bits per heavy atom. The van der Waals surface area contributed by atoms with E-state index in [4.69, 9.17) is 14.3 Å². The van der Waals surface area contributed by atoms with Crippen LogP contribution in [0.4, 0.5) is 4.39 Å². The Morgan fingerprint density at radius 2 is 2.17 bits per heavy atom. The second kappa shape index (κ2) is 5.75. The van der Waals surface area contributed by atoms with Gasteiger partial charge < -0.3 is 19.6 Å². The maximum atomic E-state index is 13.1. The van der Waals surface area contributed by atoms with Gasteiger partial charge in [0.25, 0.3) is 5.91 Å². The number of ether oxygens (including phenoxy) is 1. The van der Waals surface area contributed by atoms with Crippen molar-refractivity contribution >= 4 is 11.9 Å². The highest BCUT2D eigenvalue weighted by atomic mass is 19.1. The van der Waals surface area contributed by atoms with Gasteiger partial charge in [0.05, 0.1) is 6.54 Å². The zero-order chi connectivity index (χ0) is 16.6. The molecule has 0 spiro atoms. The minimum atomic E-state index is -1.08. The van der Waals surface area contributed by atoms with Crippen molar-refractivity contribution in [3.8, 4) is 5.75 Å². The molecule has 2 aromatic rings. The number of halogens is 1. The van der Waals surface area contributed by atoms with E-state index in [0.717, 1.165) is 0 Å². The fraction of sp³-hybridized carbons (Fsp3) is 0.250. The fourth-order valence-electron chi connectivity index (χ4n) is 2.49. The van der Waals surface area contributed by atoms with Gasteiger partial charge in [0.15, 0.2) is 6.10 Å². The van der Waals surface area contributed by atoms with Gasteiger partial charge in [-0.3, -0.25) is 4.79 Å². The minimum Gasteiger partial charge on any atom is -0.480 e. The van der Waals surface area contributed by atoms with Gasteiger partial charge in [-0.25, -0.2) is 9.18 Å². The minimum absolute atomic E-state index is 0.0531. The first-order chi connectivity index (χ1) is 10.9. The van der Waals surface area contributed by atoms with E-state index in [1.54, 1.807) is 6.92 Å². The number of carboxylic acids is 1.